The molecule has 0 heterocycles. The van der Waals surface area contributed by atoms with Crippen molar-refractivity contribution < 1.29 is 9.18 Å². The Hall–Kier alpha value is -2.92. The minimum absolute atomic E-state index is 0.182. The van der Waals surface area contributed by atoms with Crippen molar-refractivity contribution in [1.82, 2.24) is 4.90 Å². The molecule has 5 heteroatoms. The Morgan fingerprint density at radius 2 is 1.65 bits per heavy atom. The minimum Gasteiger partial charge on any atom is -0.312 e. The van der Waals surface area contributed by atoms with Crippen molar-refractivity contribution in [3.63, 3.8) is 0 Å². The molecule has 2 rings (SSSR count). The summed E-state index contributed by atoms with van der Waals surface area (Å²) in [5.41, 5.74) is 0.285. The van der Waals surface area contributed by atoms with Gasteiger partial charge in [0.25, 0.3) is 5.91 Å². The lowest BCUT2D eigenvalue weighted by Crippen LogP contribution is -2.31. The maximum Gasteiger partial charge on any atom is 0.256 e. The molecular weight excluding hydrogens is 257 g/mol. The Morgan fingerprint density at radius 1 is 1.05 bits per heavy atom. The second-order valence-electron chi connectivity index (χ2n) is 4.12. The van der Waals surface area contributed by atoms with Crippen LogP contribution in [-0.2, 0) is 0 Å². The van der Waals surface area contributed by atoms with Gasteiger partial charge in [0.05, 0.1) is 12.1 Å². The number of hydrogen-bond donors (Lipinski definition) is 0. The van der Waals surface area contributed by atoms with Crippen LogP contribution in [0.1, 0.15) is 10.4 Å². The van der Waals surface area contributed by atoms with Gasteiger partial charge in [-0.1, -0.05) is 24.3 Å². The number of carbonyl (C=O) groups is 1. The number of hydrogen-bond acceptors (Lipinski definition) is 3. The molecule has 0 bridgehead atoms. The topological polar surface area (TPSA) is 67.9 Å². The van der Waals surface area contributed by atoms with Gasteiger partial charge in [-0.3, -0.25) is 4.79 Å². The average Bonchev–Trinajstić information content (AvgIpc) is 2.47. The number of carbonyl (C=O) groups excluding carboxylic acids is 1. The lowest BCUT2D eigenvalue weighted by Gasteiger charge is -2.17. The lowest BCUT2D eigenvalue weighted by molar-refractivity contribution is 0.0796. The molecule has 0 saturated carbocycles. The van der Waals surface area contributed by atoms with E-state index >= 15 is 0 Å². The number of benzene rings is 2. The van der Waals surface area contributed by atoms with Crippen LogP contribution < -0.4 is 0 Å². The molecule has 2 aromatic rings. The van der Waals surface area contributed by atoms with Gasteiger partial charge in [0.1, 0.15) is 18.9 Å². The zero-order valence-electron chi connectivity index (χ0n) is 10.5. The first kappa shape index (κ1) is 13.5. The molecule has 1 amide bonds. The van der Waals surface area contributed by atoms with E-state index in [2.05, 4.69) is 0 Å². The van der Waals surface area contributed by atoms with Crippen molar-refractivity contribution in [2.24, 2.45) is 0 Å². The second kappa shape index (κ2) is 5.81. The fraction of sp³-hybridized carbons (Fsp3) is 0.133. The van der Waals surface area contributed by atoms with Gasteiger partial charge >= 0.3 is 0 Å². The van der Waals surface area contributed by atoms with Gasteiger partial charge in [-0.15, -0.1) is 0 Å². The Bertz CT molecular complexity index is 727. The number of rotatable bonds is 3. The normalized spacial score (nSPS) is 9.75. The summed E-state index contributed by atoms with van der Waals surface area (Å²) in [6.45, 7) is -0.365. The molecule has 0 saturated heterocycles. The van der Waals surface area contributed by atoms with Crippen molar-refractivity contribution in [1.29, 1.82) is 10.5 Å². The highest BCUT2D eigenvalue weighted by molar-refractivity contribution is 6.07. The van der Waals surface area contributed by atoms with E-state index < -0.39 is 11.7 Å². The first-order valence-corrected chi connectivity index (χ1v) is 5.89. The largest absolute Gasteiger partial charge is 0.312 e. The lowest BCUT2D eigenvalue weighted by atomic mass is 10.0. The number of halogens is 1. The highest BCUT2D eigenvalue weighted by Gasteiger charge is 2.18. The van der Waals surface area contributed by atoms with Crippen molar-refractivity contribution in [2.75, 3.05) is 13.1 Å². The Morgan fingerprint density at radius 3 is 2.25 bits per heavy atom. The van der Waals surface area contributed by atoms with E-state index in [4.69, 9.17) is 10.5 Å². The zero-order chi connectivity index (χ0) is 14.5. The first-order chi connectivity index (χ1) is 9.69. The molecular formula is C15H10FN3O. The molecule has 0 fully saturated rings. The first-order valence-electron chi connectivity index (χ1n) is 5.89. The third kappa shape index (κ3) is 2.43. The van der Waals surface area contributed by atoms with Crippen LogP contribution in [0.3, 0.4) is 0 Å². The third-order valence-electron chi connectivity index (χ3n) is 2.91. The highest BCUT2D eigenvalue weighted by atomic mass is 19.1. The molecule has 0 atom stereocenters. The Kier molecular flexibility index (Phi) is 3.93. The van der Waals surface area contributed by atoms with Gasteiger partial charge in [0.15, 0.2) is 0 Å². The van der Waals surface area contributed by atoms with Crippen molar-refractivity contribution in [2.45, 2.75) is 0 Å². The minimum atomic E-state index is -0.454. The third-order valence-corrected chi connectivity index (χ3v) is 2.91. The summed E-state index contributed by atoms with van der Waals surface area (Å²) in [6, 6.07) is 12.9. The highest BCUT2D eigenvalue weighted by Crippen LogP contribution is 2.22. The van der Waals surface area contributed by atoms with Gasteiger partial charge < -0.3 is 4.90 Å². The Labute approximate surface area is 115 Å². The van der Waals surface area contributed by atoms with Crippen molar-refractivity contribution in [3.8, 4) is 12.1 Å². The number of nitrogens with zero attached hydrogens (tertiary/aromatic N) is 3. The van der Waals surface area contributed by atoms with Crippen LogP contribution in [0.5, 0.6) is 0 Å². The van der Waals surface area contributed by atoms with E-state index in [9.17, 15) is 9.18 Å². The van der Waals surface area contributed by atoms with Crippen LogP contribution in [0.15, 0.2) is 36.4 Å². The summed E-state index contributed by atoms with van der Waals surface area (Å²) in [4.78, 5) is 13.5. The van der Waals surface area contributed by atoms with Crippen molar-refractivity contribution >= 4 is 16.7 Å². The van der Waals surface area contributed by atoms with E-state index in [1.54, 1.807) is 24.3 Å². The molecule has 0 aliphatic carbocycles. The molecule has 0 aromatic heterocycles. The van der Waals surface area contributed by atoms with Crippen LogP contribution in [0.25, 0.3) is 10.8 Å². The fourth-order valence-electron chi connectivity index (χ4n) is 1.99. The van der Waals surface area contributed by atoms with E-state index in [-0.39, 0.29) is 18.7 Å². The molecule has 98 valence electrons. The summed E-state index contributed by atoms with van der Waals surface area (Å²) in [6.07, 6.45) is 0. The standard InChI is InChI=1S/C15H10FN3O/c16-14-6-5-13(11-3-1-2-4-12(11)14)15(20)19(9-7-17)10-8-18/h1-6H,9-10H2. The predicted octanol–water partition coefficient (Wildman–Crippen LogP) is 2.47. The van der Waals surface area contributed by atoms with Gasteiger partial charge in [0.2, 0.25) is 0 Å². The smallest absolute Gasteiger partial charge is 0.256 e. The van der Waals surface area contributed by atoms with Crippen molar-refractivity contribution in [3.05, 3.63) is 47.8 Å². The average molecular weight is 267 g/mol. The van der Waals surface area contributed by atoms with Crippen LogP contribution in [0, 0.1) is 28.5 Å². The molecule has 0 unspecified atom stereocenters. The summed E-state index contributed by atoms with van der Waals surface area (Å²) in [5.74, 6) is -0.867. The second-order valence-corrected chi connectivity index (χ2v) is 4.12. The number of fused-ring (bicyclic) bond motifs is 1. The summed E-state index contributed by atoms with van der Waals surface area (Å²) in [7, 11) is 0. The SMILES string of the molecule is N#CCN(CC#N)C(=O)c1ccc(F)c2ccccc12. The zero-order valence-corrected chi connectivity index (χ0v) is 10.5. The maximum absolute atomic E-state index is 13.7. The summed E-state index contributed by atoms with van der Waals surface area (Å²) >= 11 is 0. The van der Waals surface area contributed by atoms with Crippen LogP contribution in [-0.4, -0.2) is 23.9 Å². The fourth-order valence-corrected chi connectivity index (χ4v) is 1.99. The summed E-state index contributed by atoms with van der Waals surface area (Å²) < 4.78 is 13.7. The molecule has 0 radical (unpaired) electrons. The molecule has 0 aliphatic heterocycles. The van der Waals surface area contributed by atoms with Gasteiger partial charge in [-0.05, 0) is 17.5 Å². The number of amides is 1. The monoisotopic (exact) mass is 267 g/mol. The summed E-state index contributed by atoms with van der Waals surface area (Å²) in [5, 5.41) is 18.2. The van der Waals surface area contributed by atoms with Gasteiger partial charge in [-0.25, -0.2) is 4.39 Å². The van der Waals surface area contributed by atoms with Crippen LogP contribution >= 0.6 is 0 Å². The number of nitriles is 2. The maximum atomic E-state index is 13.7. The molecule has 0 spiro atoms. The Balaban J connectivity index is 2.53. The van der Waals surface area contributed by atoms with E-state index in [0.717, 1.165) is 4.90 Å². The van der Waals surface area contributed by atoms with E-state index in [0.29, 0.717) is 10.8 Å². The van der Waals surface area contributed by atoms with E-state index in [1.165, 1.54) is 12.1 Å². The van der Waals surface area contributed by atoms with Gasteiger partial charge in [0, 0.05) is 10.9 Å². The molecule has 0 aliphatic rings. The molecule has 2 aromatic carbocycles. The molecule has 0 N–H and O–H groups in total. The van der Waals surface area contributed by atoms with E-state index in [1.807, 2.05) is 12.1 Å². The predicted molar refractivity (Wildman–Crippen MR) is 71.0 cm³/mol. The van der Waals surface area contributed by atoms with Crippen LogP contribution in [0.4, 0.5) is 4.39 Å². The molecule has 20 heavy (non-hydrogen) atoms. The van der Waals surface area contributed by atoms with Crippen LogP contribution in [0.2, 0.25) is 0 Å². The molecule has 4 nitrogen and oxygen atoms in total. The quantitative estimate of drug-likeness (QED) is 0.802. The van der Waals surface area contributed by atoms with Gasteiger partial charge in [-0.2, -0.15) is 10.5 Å².